The van der Waals surface area contributed by atoms with Crippen molar-refractivity contribution in [2.45, 2.75) is 45.6 Å². The smallest absolute Gasteiger partial charge is 0.303 e. The minimum absolute atomic E-state index is 0.282. The highest BCUT2D eigenvalue weighted by molar-refractivity contribution is 5.66. The Balaban J connectivity index is 3.59. The van der Waals surface area contributed by atoms with Crippen LogP contribution in [0.1, 0.15) is 39.5 Å². The van der Waals surface area contributed by atoms with Gasteiger partial charge >= 0.3 is 5.97 Å². The zero-order valence-electron chi connectivity index (χ0n) is 8.92. The molecule has 0 aliphatic heterocycles. The lowest BCUT2D eigenvalue weighted by Gasteiger charge is -2.25. The van der Waals surface area contributed by atoms with E-state index in [9.17, 15) is 4.79 Å². The summed E-state index contributed by atoms with van der Waals surface area (Å²) in [5, 5.41) is 8.46. The van der Waals surface area contributed by atoms with Gasteiger partial charge in [0.2, 0.25) is 0 Å². The molecule has 0 aliphatic rings. The topological polar surface area (TPSA) is 40.5 Å². The maximum atomic E-state index is 10.3. The van der Waals surface area contributed by atoms with E-state index in [2.05, 4.69) is 25.8 Å². The van der Waals surface area contributed by atoms with E-state index in [0.717, 1.165) is 25.8 Å². The van der Waals surface area contributed by atoms with E-state index in [-0.39, 0.29) is 6.42 Å². The van der Waals surface area contributed by atoms with Crippen molar-refractivity contribution in [3.8, 4) is 0 Å². The zero-order chi connectivity index (χ0) is 10.3. The molecule has 0 fully saturated rings. The summed E-state index contributed by atoms with van der Waals surface area (Å²) >= 11 is 0. The Kier molecular flexibility index (Phi) is 6.59. The Labute approximate surface area is 80.7 Å². The average Bonchev–Trinajstić information content (AvgIpc) is 2.05. The Morgan fingerprint density at radius 3 is 2.31 bits per heavy atom. The van der Waals surface area contributed by atoms with Gasteiger partial charge in [0.15, 0.2) is 0 Å². The molecule has 0 unspecified atom stereocenters. The summed E-state index contributed by atoms with van der Waals surface area (Å²) in [6.07, 6.45) is 3.31. The van der Waals surface area contributed by atoms with Crippen LogP contribution in [0.2, 0.25) is 0 Å². The molecular formula is C10H21NO2. The van der Waals surface area contributed by atoms with Crippen LogP contribution in [0, 0.1) is 0 Å². The zero-order valence-corrected chi connectivity index (χ0v) is 8.92. The molecule has 0 aromatic carbocycles. The first-order chi connectivity index (χ1) is 6.11. The molecule has 0 atom stereocenters. The molecule has 0 radical (unpaired) electrons. The number of aliphatic carboxylic acids is 1. The SMILES string of the molecule is CCC(CC)N(C)CCCC(=O)O. The predicted octanol–water partition coefficient (Wildman–Crippen LogP) is 1.97. The highest BCUT2D eigenvalue weighted by Crippen LogP contribution is 2.06. The van der Waals surface area contributed by atoms with Crippen LogP contribution in [0.5, 0.6) is 0 Å². The Bertz CT molecular complexity index is 144. The van der Waals surface area contributed by atoms with E-state index in [1.165, 1.54) is 0 Å². The maximum Gasteiger partial charge on any atom is 0.303 e. The van der Waals surface area contributed by atoms with Gasteiger partial charge in [-0.15, -0.1) is 0 Å². The van der Waals surface area contributed by atoms with Crippen molar-refractivity contribution in [1.29, 1.82) is 0 Å². The third-order valence-corrected chi connectivity index (χ3v) is 2.47. The highest BCUT2D eigenvalue weighted by atomic mass is 16.4. The summed E-state index contributed by atoms with van der Waals surface area (Å²) in [6, 6.07) is 0.605. The largest absolute Gasteiger partial charge is 0.481 e. The summed E-state index contributed by atoms with van der Waals surface area (Å²) in [5.41, 5.74) is 0. The lowest BCUT2D eigenvalue weighted by Crippen LogP contribution is -2.31. The molecule has 0 bridgehead atoms. The summed E-state index contributed by atoms with van der Waals surface area (Å²) in [7, 11) is 2.07. The Hall–Kier alpha value is -0.570. The van der Waals surface area contributed by atoms with E-state index in [1.54, 1.807) is 0 Å². The van der Waals surface area contributed by atoms with Gasteiger partial charge in [-0.25, -0.2) is 0 Å². The second-order valence-corrected chi connectivity index (χ2v) is 3.45. The van der Waals surface area contributed by atoms with Crippen molar-refractivity contribution in [3.05, 3.63) is 0 Å². The van der Waals surface area contributed by atoms with Crippen LogP contribution in [-0.2, 0) is 4.79 Å². The van der Waals surface area contributed by atoms with Crippen LogP contribution in [-0.4, -0.2) is 35.6 Å². The lowest BCUT2D eigenvalue weighted by atomic mass is 10.1. The van der Waals surface area contributed by atoms with Crippen molar-refractivity contribution in [2.75, 3.05) is 13.6 Å². The minimum atomic E-state index is -0.696. The molecule has 0 rings (SSSR count). The van der Waals surface area contributed by atoms with E-state index >= 15 is 0 Å². The first-order valence-corrected chi connectivity index (χ1v) is 5.03. The monoisotopic (exact) mass is 187 g/mol. The number of rotatable bonds is 7. The van der Waals surface area contributed by atoms with Crippen LogP contribution >= 0.6 is 0 Å². The second kappa shape index (κ2) is 6.89. The van der Waals surface area contributed by atoms with Gasteiger partial charge in [-0.3, -0.25) is 4.79 Å². The molecule has 13 heavy (non-hydrogen) atoms. The summed E-state index contributed by atoms with van der Waals surface area (Å²) < 4.78 is 0. The Morgan fingerprint density at radius 2 is 1.92 bits per heavy atom. The van der Waals surface area contributed by atoms with Crippen molar-refractivity contribution in [2.24, 2.45) is 0 Å². The first kappa shape index (κ1) is 12.4. The fourth-order valence-corrected chi connectivity index (χ4v) is 1.57. The van der Waals surface area contributed by atoms with E-state index in [4.69, 9.17) is 5.11 Å². The molecule has 0 spiro atoms. The number of carbonyl (C=O) groups is 1. The van der Waals surface area contributed by atoms with Crippen molar-refractivity contribution in [3.63, 3.8) is 0 Å². The number of carboxylic acid groups (broad SMARTS) is 1. The number of carboxylic acids is 1. The van der Waals surface area contributed by atoms with Crippen molar-refractivity contribution in [1.82, 2.24) is 4.90 Å². The first-order valence-electron chi connectivity index (χ1n) is 5.03. The number of hydrogen-bond donors (Lipinski definition) is 1. The fourth-order valence-electron chi connectivity index (χ4n) is 1.57. The summed E-state index contributed by atoms with van der Waals surface area (Å²) in [6.45, 7) is 5.22. The van der Waals surface area contributed by atoms with Crippen LogP contribution in [0.25, 0.3) is 0 Å². The molecule has 0 saturated carbocycles. The molecule has 78 valence electrons. The third-order valence-electron chi connectivity index (χ3n) is 2.47. The van der Waals surface area contributed by atoms with Gasteiger partial charge in [-0.1, -0.05) is 13.8 Å². The van der Waals surface area contributed by atoms with Crippen LogP contribution < -0.4 is 0 Å². The van der Waals surface area contributed by atoms with Gasteiger partial charge in [0, 0.05) is 12.5 Å². The molecule has 0 aromatic heterocycles. The van der Waals surface area contributed by atoms with Crippen LogP contribution in [0.4, 0.5) is 0 Å². The standard InChI is InChI=1S/C10H21NO2/c1-4-9(5-2)11(3)8-6-7-10(12)13/h9H,4-8H2,1-3H3,(H,12,13). The maximum absolute atomic E-state index is 10.3. The molecule has 1 N–H and O–H groups in total. The van der Waals surface area contributed by atoms with Gasteiger partial charge < -0.3 is 10.0 Å². The fraction of sp³-hybridized carbons (Fsp3) is 0.900. The van der Waals surface area contributed by atoms with Crippen molar-refractivity contribution >= 4 is 5.97 Å². The molecule has 3 heteroatoms. The molecule has 0 aliphatic carbocycles. The average molecular weight is 187 g/mol. The van der Waals surface area contributed by atoms with Gasteiger partial charge in [0.05, 0.1) is 0 Å². The molecule has 0 saturated heterocycles. The number of nitrogens with zero attached hydrogens (tertiary/aromatic N) is 1. The van der Waals surface area contributed by atoms with E-state index in [0.29, 0.717) is 6.04 Å². The van der Waals surface area contributed by atoms with Crippen LogP contribution in [0.3, 0.4) is 0 Å². The summed E-state index contributed by atoms with van der Waals surface area (Å²) in [5.74, 6) is -0.696. The molecular weight excluding hydrogens is 166 g/mol. The lowest BCUT2D eigenvalue weighted by molar-refractivity contribution is -0.137. The van der Waals surface area contributed by atoms with E-state index in [1.807, 2.05) is 0 Å². The molecule has 0 heterocycles. The van der Waals surface area contributed by atoms with Gasteiger partial charge in [-0.2, -0.15) is 0 Å². The Morgan fingerprint density at radius 1 is 1.38 bits per heavy atom. The molecule has 3 nitrogen and oxygen atoms in total. The highest BCUT2D eigenvalue weighted by Gasteiger charge is 2.09. The van der Waals surface area contributed by atoms with Gasteiger partial charge in [0.25, 0.3) is 0 Å². The third kappa shape index (κ3) is 5.64. The predicted molar refractivity (Wildman–Crippen MR) is 53.9 cm³/mol. The van der Waals surface area contributed by atoms with Crippen molar-refractivity contribution < 1.29 is 9.90 Å². The van der Waals surface area contributed by atoms with Crippen LogP contribution in [0.15, 0.2) is 0 Å². The molecule has 0 amide bonds. The van der Waals surface area contributed by atoms with Gasteiger partial charge in [-0.05, 0) is 32.9 Å². The second-order valence-electron chi connectivity index (χ2n) is 3.45. The molecule has 0 aromatic rings. The van der Waals surface area contributed by atoms with Gasteiger partial charge in [0.1, 0.15) is 0 Å². The quantitative estimate of drug-likeness (QED) is 0.662. The normalized spacial score (nSPS) is 11.2. The minimum Gasteiger partial charge on any atom is -0.481 e. The van der Waals surface area contributed by atoms with E-state index < -0.39 is 5.97 Å². The summed E-state index contributed by atoms with van der Waals surface area (Å²) in [4.78, 5) is 12.5. The number of hydrogen-bond acceptors (Lipinski definition) is 2.